The number of nitrogen functional groups attached to an aromatic ring is 1. The lowest BCUT2D eigenvalue weighted by Gasteiger charge is -2.11. The average Bonchev–Trinajstić information content (AvgIpc) is 2.68. The van der Waals surface area contributed by atoms with Crippen LogP contribution in [0.4, 0.5) is 5.95 Å². The highest BCUT2D eigenvalue weighted by Crippen LogP contribution is 2.26. The lowest BCUT2D eigenvalue weighted by atomic mass is 10.0. The second-order valence-corrected chi connectivity index (χ2v) is 8.22. The molecule has 6 nitrogen and oxygen atoms in total. The minimum absolute atomic E-state index is 0.0282. The van der Waals surface area contributed by atoms with Crippen LogP contribution in [0.15, 0.2) is 41.2 Å². The van der Waals surface area contributed by atoms with Crippen LogP contribution in [0.3, 0.4) is 0 Å². The highest BCUT2D eigenvalue weighted by atomic mass is 35.5. The van der Waals surface area contributed by atoms with Crippen molar-refractivity contribution in [2.24, 2.45) is 0 Å². The quantitative estimate of drug-likeness (QED) is 0.423. The van der Waals surface area contributed by atoms with Crippen molar-refractivity contribution in [3.8, 4) is 0 Å². The monoisotopic (exact) mass is 479 g/mol. The Hall–Kier alpha value is -2.38. The number of nitrogens with one attached hydrogen (secondary N) is 1. The normalized spacial score (nSPS) is 11.2. The number of benzene rings is 2. The third-order valence-electron chi connectivity index (χ3n) is 4.43. The molecule has 0 radical (unpaired) electrons. The molecule has 2 heterocycles. The molecule has 0 unspecified atom stereocenters. The van der Waals surface area contributed by atoms with Crippen molar-refractivity contribution in [3.63, 3.8) is 0 Å². The smallest absolute Gasteiger partial charge is 0.280 e. The maximum atomic E-state index is 12.3. The van der Waals surface area contributed by atoms with E-state index in [4.69, 9.17) is 52.1 Å². The number of hydrogen-bond acceptors (Lipinski definition) is 5. The Morgan fingerprint density at radius 3 is 1.83 bits per heavy atom. The first-order valence-corrected chi connectivity index (χ1v) is 10.2. The maximum Gasteiger partial charge on any atom is 0.280 e. The summed E-state index contributed by atoms with van der Waals surface area (Å²) < 4.78 is 0. The Morgan fingerprint density at radius 2 is 1.30 bits per heavy atom. The van der Waals surface area contributed by atoms with Crippen molar-refractivity contribution in [1.29, 1.82) is 0 Å². The minimum Gasteiger partial charge on any atom is -0.369 e. The van der Waals surface area contributed by atoms with E-state index >= 15 is 0 Å². The van der Waals surface area contributed by atoms with Gasteiger partial charge >= 0.3 is 0 Å². The number of nitrogens with two attached hydrogens (primary N) is 1. The van der Waals surface area contributed by atoms with E-state index in [1.54, 1.807) is 24.3 Å². The van der Waals surface area contributed by atoms with Crippen LogP contribution in [-0.4, -0.2) is 19.9 Å². The SMILES string of the molecule is Nc1nc2nc(Cc3ccc(Cl)c(Cl)c3)c(Cc3ccc(Cl)c(Cl)c3)nc2c(=O)[nH]1. The van der Waals surface area contributed by atoms with Crippen LogP contribution in [0.25, 0.3) is 11.2 Å². The van der Waals surface area contributed by atoms with Gasteiger partial charge in [-0.15, -0.1) is 0 Å². The van der Waals surface area contributed by atoms with E-state index in [-0.39, 0.29) is 17.1 Å². The summed E-state index contributed by atoms with van der Waals surface area (Å²) in [6.45, 7) is 0. The van der Waals surface area contributed by atoms with Gasteiger partial charge in [-0.1, -0.05) is 58.5 Å². The van der Waals surface area contributed by atoms with Crippen LogP contribution in [0.5, 0.6) is 0 Å². The average molecular weight is 481 g/mol. The Morgan fingerprint density at radius 1 is 0.767 bits per heavy atom. The van der Waals surface area contributed by atoms with Crippen LogP contribution < -0.4 is 11.3 Å². The summed E-state index contributed by atoms with van der Waals surface area (Å²) in [5.41, 5.74) is 8.46. The molecule has 3 N–H and O–H groups in total. The molecular formula is C20H13Cl4N5O. The molecule has 0 amide bonds. The lowest BCUT2D eigenvalue weighted by Crippen LogP contribution is -2.16. The molecule has 2 aromatic heterocycles. The molecule has 30 heavy (non-hydrogen) atoms. The number of rotatable bonds is 4. The van der Waals surface area contributed by atoms with Gasteiger partial charge in [0.1, 0.15) is 0 Å². The van der Waals surface area contributed by atoms with Gasteiger partial charge in [0.25, 0.3) is 5.56 Å². The molecule has 0 aliphatic carbocycles. The standard InChI is InChI=1S/C20H13Cl4N5O/c21-11-3-1-9(5-13(11)23)7-15-16(8-10-2-4-12(22)14(24)6-10)27-18-17(26-15)19(30)29-20(25)28-18/h1-6H,7-8H2,(H3,25,27,28,29,30). The van der Waals surface area contributed by atoms with E-state index in [1.165, 1.54) is 0 Å². The maximum absolute atomic E-state index is 12.3. The number of halogens is 4. The van der Waals surface area contributed by atoms with Crippen molar-refractivity contribution in [2.45, 2.75) is 12.8 Å². The number of aromatic nitrogens is 4. The molecule has 0 saturated carbocycles. The predicted molar refractivity (Wildman–Crippen MR) is 121 cm³/mol. The largest absolute Gasteiger partial charge is 0.369 e. The zero-order valence-corrected chi connectivity index (χ0v) is 18.2. The van der Waals surface area contributed by atoms with Crippen molar-refractivity contribution >= 4 is 63.5 Å². The number of H-pyrrole nitrogens is 1. The Balaban J connectivity index is 1.84. The Labute approximate surface area is 191 Å². The van der Waals surface area contributed by atoms with E-state index in [2.05, 4.69) is 19.9 Å². The molecule has 4 aromatic rings. The summed E-state index contributed by atoms with van der Waals surface area (Å²) >= 11 is 24.3. The molecule has 0 spiro atoms. The second-order valence-electron chi connectivity index (χ2n) is 6.59. The fraction of sp³-hybridized carbons (Fsp3) is 0.100. The van der Waals surface area contributed by atoms with Crippen molar-refractivity contribution in [1.82, 2.24) is 19.9 Å². The molecule has 0 bridgehead atoms. The van der Waals surface area contributed by atoms with E-state index in [0.29, 0.717) is 44.3 Å². The summed E-state index contributed by atoms with van der Waals surface area (Å²) in [7, 11) is 0. The molecule has 2 aromatic carbocycles. The molecule has 0 atom stereocenters. The molecule has 152 valence electrons. The van der Waals surface area contributed by atoms with E-state index in [9.17, 15) is 4.79 Å². The summed E-state index contributed by atoms with van der Waals surface area (Å²) in [6, 6.07) is 10.6. The number of fused-ring (bicyclic) bond motifs is 1. The van der Waals surface area contributed by atoms with Gasteiger partial charge in [-0.25, -0.2) is 9.97 Å². The zero-order valence-electron chi connectivity index (χ0n) is 15.2. The van der Waals surface area contributed by atoms with Crippen LogP contribution in [0.2, 0.25) is 20.1 Å². The first-order valence-electron chi connectivity index (χ1n) is 8.73. The van der Waals surface area contributed by atoms with Gasteiger partial charge in [0, 0.05) is 12.8 Å². The van der Waals surface area contributed by atoms with Crippen LogP contribution in [0, 0.1) is 0 Å². The molecular weight excluding hydrogens is 468 g/mol. The van der Waals surface area contributed by atoms with Gasteiger partial charge in [-0.05, 0) is 35.4 Å². The molecule has 0 aliphatic heterocycles. The van der Waals surface area contributed by atoms with Crippen LogP contribution in [-0.2, 0) is 12.8 Å². The minimum atomic E-state index is -0.457. The molecule has 0 fully saturated rings. The number of anilines is 1. The summed E-state index contributed by atoms with van der Waals surface area (Å²) in [6.07, 6.45) is 0.797. The van der Waals surface area contributed by atoms with Gasteiger partial charge < -0.3 is 5.73 Å². The van der Waals surface area contributed by atoms with Crippen LogP contribution in [0.1, 0.15) is 22.5 Å². The fourth-order valence-electron chi connectivity index (χ4n) is 3.01. The molecule has 0 saturated heterocycles. The lowest BCUT2D eigenvalue weighted by molar-refractivity contribution is 0.952. The topological polar surface area (TPSA) is 97.5 Å². The van der Waals surface area contributed by atoms with E-state index < -0.39 is 5.56 Å². The van der Waals surface area contributed by atoms with Gasteiger partial charge in [0.15, 0.2) is 11.2 Å². The molecule has 4 rings (SSSR count). The fourth-order valence-corrected chi connectivity index (χ4v) is 3.65. The van der Waals surface area contributed by atoms with Gasteiger partial charge in [-0.2, -0.15) is 4.98 Å². The zero-order chi connectivity index (χ0) is 21.4. The number of nitrogens with zero attached hydrogens (tertiary/aromatic N) is 3. The third kappa shape index (κ3) is 4.37. The van der Waals surface area contributed by atoms with Gasteiger partial charge in [0.2, 0.25) is 5.95 Å². The van der Waals surface area contributed by atoms with Crippen molar-refractivity contribution < 1.29 is 0 Å². The van der Waals surface area contributed by atoms with Gasteiger partial charge in [-0.3, -0.25) is 9.78 Å². The van der Waals surface area contributed by atoms with E-state index in [1.807, 2.05) is 12.1 Å². The van der Waals surface area contributed by atoms with Crippen molar-refractivity contribution in [3.05, 3.63) is 89.4 Å². The summed E-state index contributed by atoms with van der Waals surface area (Å²) in [5.74, 6) is -0.0282. The van der Waals surface area contributed by atoms with Gasteiger partial charge in [0.05, 0.1) is 31.5 Å². The molecule has 0 aliphatic rings. The molecule has 10 heteroatoms. The predicted octanol–water partition coefficient (Wildman–Crippen LogP) is 5.09. The van der Waals surface area contributed by atoms with E-state index in [0.717, 1.165) is 11.1 Å². The first kappa shape index (κ1) is 20.9. The Bertz CT molecular complexity index is 1340. The summed E-state index contributed by atoms with van der Waals surface area (Å²) in [5, 5.41) is 1.79. The van der Waals surface area contributed by atoms with Crippen molar-refractivity contribution in [2.75, 3.05) is 5.73 Å². The first-order chi connectivity index (χ1) is 14.3. The second kappa shape index (κ2) is 8.40. The Kier molecular flexibility index (Phi) is 5.84. The summed E-state index contributed by atoms with van der Waals surface area (Å²) in [4.78, 5) is 28.0. The third-order valence-corrected chi connectivity index (χ3v) is 5.90. The van der Waals surface area contributed by atoms with Crippen LogP contribution >= 0.6 is 46.4 Å². The number of aromatic amines is 1. The highest BCUT2D eigenvalue weighted by Gasteiger charge is 2.15. The highest BCUT2D eigenvalue weighted by molar-refractivity contribution is 6.42. The number of hydrogen-bond donors (Lipinski definition) is 2.